The topological polar surface area (TPSA) is 79.4 Å². The van der Waals surface area contributed by atoms with Crippen molar-refractivity contribution in [2.45, 2.75) is 26.4 Å². The van der Waals surface area contributed by atoms with Crippen molar-refractivity contribution in [1.82, 2.24) is 24.5 Å². The summed E-state index contributed by atoms with van der Waals surface area (Å²) in [6.45, 7) is 4.22. The van der Waals surface area contributed by atoms with Gasteiger partial charge >= 0.3 is 0 Å². The summed E-state index contributed by atoms with van der Waals surface area (Å²) in [6, 6.07) is 11.6. The largest absolute Gasteiger partial charge is 0.463 e. The van der Waals surface area contributed by atoms with Gasteiger partial charge in [0.25, 0.3) is 5.56 Å². The molecule has 4 aromatic heterocycles. The number of pyridine rings is 1. The molecule has 0 bridgehead atoms. The average Bonchev–Trinajstić information content (AvgIpc) is 3.31. The lowest BCUT2D eigenvalue weighted by Gasteiger charge is -2.27. The second-order valence-electron chi connectivity index (χ2n) is 6.91. The van der Waals surface area contributed by atoms with Crippen LogP contribution in [-0.2, 0) is 19.5 Å². The molecule has 0 fully saturated rings. The Morgan fingerprint density at radius 1 is 1.22 bits per heavy atom. The number of nitrogens with zero attached hydrogens (tertiary/aromatic N) is 4. The third kappa shape index (κ3) is 2.86. The minimum Gasteiger partial charge on any atom is -0.463 e. The molecule has 0 spiro atoms. The number of nitrogens with one attached hydrogen (secondary N) is 1. The lowest BCUT2D eigenvalue weighted by atomic mass is 10.1. The molecule has 0 atom stereocenters. The molecule has 4 aromatic rings. The van der Waals surface area contributed by atoms with E-state index < -0.39 is 0 Å². The lowest BCUT2D eigenvalue weighted by Crippen LogP contribution is -2.36. The Bertz CT molecular complexity index is 1170. The second kappa shape index (κ2) is 6.21. The predicted octanol–water partition coefficient (Wildman–Crippen LogP) is 2.54. The van der Waals surface area contributed by atoms with Gasteiger partial charge in [-0.15, -0.1) is 0 Å². The van der Waals surface area contributed by atoms with Crippen molar-refractivity contribution >= 4 is 5.65 Å². The number of hydrogen-bond donors (Lipinski definition) is 1. The van der Waals surface area contributed by atoms with Crippen molar-refractivity contribution in [3.05, 3.63) is 75.7 Å². The van der Waals surface area contributed by atoms with E-state index >= 15 is 0 Å². The zero-order chi connectivity index (χ0) is 18.4. The molecule has 0 aliphatic carbocycles. The number of aromatic amines is 1. The van der Waals surface area contributed by atoms with Gasteiger partial charge in [-0.1, -0.05) is 6.07 Å². The van der Waals surface area contributed by atoms with E-state index in [1.54, 1.807) is 6.26 Å². The highest BCUT2D eigenvalue weighted by Gasteiger charge is 2.23. The molecule has 0 saturated heterocycles. The first-order chi connectivity index (χ1) is 13.2. The Balaban J connectivity index is 1.48. The smallest absolute Gasteiger partial charge is 0.276 e. The number of aryl methyl sites for hydroxylation is 1. The van der Waals surface area contributed by atoms with Gasteiger partial charge in [0.15, 0.2) is 11.4 Å². The minimum atomic E-state index is -0.0267. The van der Waals surface area contributed by atoms with E-state index in [-0.39, 0.29) is 5.56 Å². The van der Waals surface area contributed by atoms with Crippen molar-refractivity contribution < 1.29 is 4.42 Å². The van der Waals surface area contributed by atoms with Crippen LogP contribution in [0.5, 0.6) is 0 Å². The molecule has 7 nitrogen and oxygen atoms in total. The number of rotatable bonds is 3. The fraction of sp³-hybridized carbons (Fsp3) is 0.250. The van der Waals surface area contributed by atoms with Crippen LogP contribution in [0.2, 0.25) is 0 Å². The predicted molar refractivity (Wildman–Crippen MR) is 100 cm³/mol. The van der Waals surface area contributed by atoms with Crippen molar-refractivity contribution in [2.75, 3.05) is 6.54 Å². The summed E-state index contributed by atoms with van der Waals surface area (Å²) in [6.07, 6.45) is 2.30. The standard InChI is InChI=1S/C20H19N5O2/c1-13-4-2-5-14(21-13)11-24-8-7-15-17(12-24)22-19-10-16(18-6-3-9-27-18)23-25(19)20(15)26/h2-6,9-10,23H,7-8,11-12H2,1H3. The van der Waals surface area contributed by atoms with Crippen LogP contribution in [0, 0.1) is 6.92 Å². The summed E-state index contributed by atoms with van der Waals surface area (Å²) in [7, 11) is 0. The summed E-state index contributed by atoms with van der Waals surface area (Å²) in [5.41, 5.74) is 5.02. The average molecular weight is 361 g/mol. The van der Waals surface area contributed by atoms with E-state index in [0.29, 0.717) is 24.4 Å². The third-order valence-electron chi connectivity index (χ3n) is 4.96. The Morgan fingerprint density at radius 3 is 2.96 bits per heavy atom. The number of fused-ring (bicyclic) bond motifs is 2. The van der Waals surface area contributed by atoms with Gasteiger partial charge in [-0.2, -0.15) is 0 Å². The normalized spacial score (nSPS) is 14.6. The van der Waals surface area contributed by atoms with Crippen molar-refractivity contribution in [3.63, 3.8) is 0 Å². The van der Waals surface area contributed by atoms with E-state index in [0.717, 1.165) is 41.4 Å². The number of H-pyrrole nitrogens is 1. The highest BCUT2D eigenvalue weighted by molar-refractivity contribution is 5.59. The van der Waals surface area contributed by atoms with Gasteiger partial charge in [-0.05, 0) is 37.6 Å². The van der Waals surface area contributed by atoms with Crippen molar-refractivity contribution in [2.24, 2.45) is 0 Å². The summed E-state index contributed by atoms with van der Waals surface area (Å²) in [5.74, 6) is 0.685. The molecule has 5 heterocycles. The van der Waals surface area contributed by atoms with Gasteiger partial charge in [0, 0.05) is 37.0 Å². The number of hydrogen-bond acceptors (Lipinski definition) is 5. The number of furan rings is 1. The van der Waals surface area contributed by atoms with Crippen LogP contribution in [0.15, 0.2) is 51.9 Å². The first-order valence-electron chi connectivity index (χ1n) is 9.00. The molecule has 5 rings (SSSR count). The van der Waals surface area contributed by atoms with Crippen LogP contribution in [0.1, 0.15) is 22.6 Å². The molecule has 27 heavy (non-hydrogen) atoms. The molecule has 0 amide bonds. The fourth-order valence-corrected chi connectivity index (χ4v) is 3.66. The molecule has 1 aliphatic rings. The minimum absolute atomic E-state index is 0.0267. The Kier molecular flexibility index (Phi) is 3.68. The summed E-state index contributed by atoms with van der Waals surface area (Å²) in [4.78, 5) is 24.5. The molecule has 7 heteroatoms. The van der Waals surface area contributed by atoms with Crippen molar-refractivity contribution in [1.29, 1.82) is 0 Å². The van der Waals surface area contributed by atoms with E-state index in [1.807, 2.05) is 43.3 Å². The Morgan fingerprint density at radius 2 is 2.15 bits per heavy atom. The zero-order valence-corrected chi connectivity index (χ0v) is 15.0. The van der Waals surface area contributed by atoms with Gasteiger partial charge in [0.2, 0.25) is 0 Å². The van der Waals surface area contributed by atoms with Crippen LogP contribution in [0.3, 0.4) is 0 Å². The van der Waals surface area contributed by atoms with Crippen LogP contribution < -0.4 is 5.56 Å². The molecule has 0 aromatic carbocycles. The Hall–Kier alpha value is -3.19. The maximum Gasteiger partial charge on any atom is 0.276 e. The molecule has 0 saturated carbocycles. The molecule has 0 unspecified atom stereocenters. The first-order valence-corrected chi connectivity index (χ1v) is 9.00. The van der Waals surface area contributed by atoms with Gasteiger partial charge < -0.3 is 4.42 Å². The summed E-state index contributed by atoms with van der Waals surface area (Å²) in [5, 5.41) is 3.10. The fourth-order valence-electron chi connectivity index (χ4n) is 3.66. The van der Waals surface area contributed by atoms with Crippen LogP contribution >= 0.6 is 0 Å². The highest BCUT2D eigenvalue weighted by atomic mass is 16.3. The Labute approximate surface area is 155 Å². The quantitative estimate of drug-likeness (QED) is 0.607. The van der Waals surface area contributed by atoms with Gasteiger partial charge in [0.1, 0.15) is 5.69 Å². The zero-order valence-electron chi connectivity index (χ0n) is 15.0. The lowest BCUT2D eigenvalue weighted by molar-refractivity contribution is 0.237. The SMILES string of the molecule is Cc1cccc(CN2CCc3c(nc4cc(-c5ccco5)[nH]n4c3=O)C2)n1. The molecule has 0 radical (unpaired) electrons. The van der Waals surface area contributed by atoms with Crippen LogP contribution in [-0.4, -0.2) is 31.0 Å². The molecule has 1 N–H and O–H groups in total. The van der Waals surface area contributed by atoms with E-state index in [9.17, 15) is 4.79 Å². The van der Waals surface area contributed by atoms with Crippen LogP contribution in [0.4, 0.5) is 0 Å². The van der Waals surface area contributed by atoms with Gasteiger partial charge in [-0.25, -0.2) is 9.50 Å². The van der Waals surface area contributed by atoms with E-state index in [4.69, 9.17) is 9.40 Å². The maximum atomic E-state index is 12.9. The first kappa shape index (κ1) is 16.0. The highest BCUT2D eigenvalue weighted by Crippen LogP contribution is 2.21. The van der Waals surface area contributed by atoms with E-state index in [1.165, 1.54) is 4.52 Å². The van der Waals surface area contributed by atoms with Crippen molar-refractivity contribution in [3.8, 4) is 11.5 Å². The molecule has 1 aliphatic heterocycles. The van der Waals surface area contributed by atoms with Gasteiger partial charge in [0.05, 0.1) is 17.7 Å². The van der Waals surface area contributed by atoms with Crippen LogP contribution in [0.25, 0.3) is 17.1 Å². The van der Waals surface area contributed by atoms with Gasteiger partial charge in [-0.3, -0.25) is 19.8 Å². The third-order valence-corrected chi connectivity index (χ3v) is 4.96. The second-order valence-corrected chi connectivity index (χ2v) is 6.91. The maximum absolute atomic E-state index is 12.9. The number of aromatic nitrogens is 4. The molecular formula is C20H19N5O2. The summed E-state index contributed by atoms with van der Waals surface area (Å²) < 4.78 is 6.93. The monoisotopic (exact) mass is 361 g/mol. The van der Waals surface area contributed by atoms with E-state index in [2.05, 4.69) is 15.0 Å². The molecular weight excluding hydrogens is 342 g/mol. The molecule has 136 valence electrons. The summed E-state index contributed by atoms with van der Waals surface area (Å²) >= 11 is 0.